The molecule has 0 aliphatic heterocycles. The van der Waals surface area contributed by atoms with Gasteiger partial charge in [-0.15, -0.1) is 24.0 Å². The van der Waals surface area contributed by atoms with E-state index in [4.69, 9.17) is 4.74 Å². The lowest BCUT2D eigenvalue weighted by Crippen LogP contribution is -2.41. The van der Waals surface area contributed by atoms with Crippen molar-refractivity contribution in [3.63, 3.8) is 0 Å². The summed E-state index contributed by atoms with van der Waals surface area (Å²) in [6, 6.07) is 18.2. The Morgan fingerprint density at radius 3 is 2.66 bits per heavy atom. The smallest absolute Gasteiger partial charge is 0.191 e. The Kier molecular flexibility index (Phi) is 8.98. The number of benzene rings is 2. The van der Waals surface area contributed by atoms with Crippen LogP contribution in [0.1, 0.15) is 18.3 Å². The highest BCUT2D eigenvalue weighted by Crippen LogP contribution is 2.16. The van der Waals surface area contributed by atoms with Crippen molar-refractivity contribution in [3.05, 3.63) is 72.2 Å². The molecular weight excluding hydrogens is 477 g/mol. The molecule has 1 atom stereocenters. The third kappa shape index (κ3) is 7.08. The average molecular weight is 505 g/mol. The third-order valence-corrected chi connectivity index (χ3v) is 4.24. The molecule has 0 saturated carbocycles. The van der Waals surface area contributed by atoms with Crippen LogP contribution in [0.15, 0.2) is 65.8 Å². The molecule has 7 heteroatoms. The molecule has 0 saturated heterocycles. The molecular formula is C22H28IN5O. The van der Waals surface area contributed by atoms with Gasteiger partial charge in [0.2, 0.25) is 0 Å². The summed E-state index contributed by atoms with van der Waals surface area (Å²) < 4.78 is 5.94. The van der Waals surface area contributed by atoms with Crippen LogP contribution >= 0.6 is 24.0 Å². The van der Waals surface area contributed by atoms with Crippen LogP contribution in [0.3, 0.4) is 0 Å². The maximum absolute atomic E-state index is 5.94. The van der Waals surface area contributed by atoms with Crippen molar-refractivity contribution < 1.29 is 4.74 Å². The van der Waals surface area contributed by atoms with Gasteiger partial charge in [0.15, 0.2) is 5.96 Å². The Hall–Kier alpha value is -2.55. The quantitative estimate of drug-likeness (QED) is 0.257. The van der Waals surface area contributed by atoms with E-state index in [2.05, 4.69) is 50.7 Å². The van der Waals surface area contributed by atoms with Gasteiger partial charge in [-0.3, -0.25) is 4.99 Å². The second-order valence-electron chi connectivity index (χ2n) is 6.66. The predicted molar refractivity (Wildman–Crippen MR) is 129 cm³/mol. The molecule has 3 N–H and O–H groups in total. The molecule has 0 aliphatic rings. The molecule has 0 radical (unpaired) electrons. The van der Waals surface area contributed by atoms with Gasteiger partial charge < -0.3 is 20.4 Å². The van der Waals surface area contributed by atoms with Crippen molar-refractivity contribution in [2.75, 3.05) is 13.6 Å². The average Bonchev–Trinajstić information content (AvgIpc) is 3.18. The van der Waals surface area contributed by atoms with E-state index in [9.17, 15) is 0 Å². The Bertz CT molecular complexity index is 910. The van der Waals surface area contributed by atoms with Crippen molar-refractivity contribution >= 4 is 29.9 Å². The zero-order valence-corrected chi connectivity index (χ0v) is 19.3. The fourth-order valence-electron chi connectivity index (χ4n) is 2.81. The normalized spacial score (nSPS) is 12.0. The number of ether oxygens (including phenoxy) is 1. The van der Waals surface area contributed by atoms with Crippen molar-refractivity contribution in [3.8, 4) is 17.0 Å². The first-order valence-electron chi connectivity index (χ1n) is 9.41. The SMILES string of the molecule is CN=C(NCc1ncc(-c2ccccc2)[nH]1)NCC(C)Oc1cccc(C)c1.I. The standard InChI is InChI=1S/C22H27N5O.HI/c1-16-8-7-11-19(12-16)28-17(2)13-25-22(23-3)26-15-21-24-14-20(27-21)18-9-5-4-6-10-18;/h4-12,14,17H,13,15H2,1-3H3,(H,24,27)(H2,23,25,26);1H. The zero-order valence-electron chi connectivity index (χ0n) is 17.0. The molecule has 0 bridgehead atoms. The number of aromatic nitrogens is 2. The number of rotatable bonds is 7. The third-order valence-electron chi connectivity index (χ3n) is 4.24. The van der Waals surface area contributed by atoms with Gasteiger partial charge in [-0.1, -0.05) is 42.5 Å². The molecule has 6 nitrogen and oxygen atoms in total. The van der Waals surface area contributed by atoms with E-state index in [1.165, 1.54) is 5.56 Å². The molecule has 1 aromatic heterocycles. The van der Waals surface area contributed by atoms with E-state index in [0.717, 1.165) is 22.8 Å². The molecule has 0 amide bonds. The lowest BCUT2D eigenvalue weighted by Gasteiger charge is -2.17. The number of nitrogens with one attached hydrogen (secondary N) is 3. The van der Waals surface area contributed by atoms with Gasteiger partial charge in [0.05, 0.1) is 25.0 Å². The Morgan fingerprint density at radius 2 is 1.93 bits per heavy atom. The highest BCUT2D eigenvalue weighted by atomic mass is 127. The van der Waals surface area contributed by atoms with Crippen molar-refractivity contribution in [1.29, 1.82) is 0 Å². The molecule has 154 valence electrons. The Labute approximate surface area is 189 Å². The highest BCUT2D eigenvalue weighted by molar-refractivity contribution is 14.0. The van der Waals surface area contributed by atoms with Crippen molar-refractivity contribution in [2.45, 2.75) is 26.5 Å². The second kappa shape index (κ2) is 11.5. The number of H-pyrrole nitrogens is 1. The number of nitrogens with zero attached hydrogens (tertiary/aromatic N) is 2. The van der Waals surface area contributed by atoms with Crippen LogP contribution in [0, 0.1) is 6.92 Å². The summed E-state index contributed by atoms with van der Waals surface area (Å²) in [4.78, 5) is 12.0. The summed E-state index contributed by atoms with van der Waals surface area (Å²) >= 11 is 0. The molecule has 3 aromatic rings. The van der Waals surface area contributed by atoms with Gasteiger partial charge in [0.1, 0.15) is 17.7 Å². The number of guanidine groups is 1. The maximum atomic E-state index is 5.94. The minimum atomic E-state index is 0. The van der Waals surface area contributed by atoms with E-state index in [0.29, 0.717) is 19.0 Å². The number of imidazole rings is 1. The van der Waals surface area contributed by atoms with Gasteiger partial charge >= 0.3 is 0 Å². The highest BCUT2D eigenvalue weighted by Gasteiger charge is 2.07. The zero-order chi connectivity index (χ0) is 19.8. The molecule has 0 spiro atoms. The summed E-state index contributed by atoms with van der Waals surface area (Å²) in [5.74, 6) is 2.43. The Morgan fingerprint density at radius 1 is 1.14 bits per heavy atom. The molecule has 29 heavy (non-hydrogen) atoms. The van der Waals surface area contributed by atoms with Gasteiger partial charge in [0.25, 0.3) is 0 Å². The number of halogens is 1. The van der Waals surface area contributed by atoms with Crippen molar-refractivity contribution in [1.82, 2.24) is 20.6 Å². The van der Waals surface area contributed by atoms with Crippen LogP contribution in [0.4, 0.5) is 0 Å². The van der Waals surface area contributed by atoms with Gasteiger partial charge in [-0.05, 0) is 37.1 Å². The first kappa shape index (κ1) is 22.7. The monoisotopic (exact) mass is 505 g/mol. The van der Waals surface area contributed by atoms with E-state index in [-0.39, 0.29) is 30.1 Å². The fourth-order valence-corrected chi connectivity index (χ4v) is 2.81. The Balaban J connectivity index is 0.00000300. The van der Waals surface area contributed by atoms with Crippen LogP contribution in [0.5, 0.6) is 5.75 Å². The van der Waals surface area contributed by atoms with E-state index >= 15 is 0 Å². The maximum Gasteiger partial charge on any atom is 0.191 e. The van der Waals surface area contributed by atoms with Gasteiger partial charge in [-0.2, -0.15) is 0 Å². The first-order chi connectivity index (χ1) is 13.6. The number of hydrogen-bond donors (Lipinski definition) is 3. The lowest BCUT2D eigenvalue weighted by atomic mass is 10.2. The van der Waals surface area contributed by atoms with E-state index < -0.39 is 0 Å². The van der Waals surface area contributed by atoms with Crippen molar-refractivity contribution in [2.24, 2.45) is 4.99 Å². The minimum absolute atomic E-state index is 0. The number of hydrogen-bond acceptors (Lipinski definition) is 3. The first-order valence-corrected chi connectivity index (χ1v) is 9.41. The number of aliphatic imine (C=N–C) groups is 1. The molecule has 0 aliphatic carbocycles. The van der Waals surface area contributed by atoms with Gasteiger partial charge in [-0.25, -0.2) is 4.98 Å². The summed E-state index contributed by atoms with van der Waals surface area (Å²) in [5.41, 5.74) is 3.30. The van der Waals surface area contributed by atoms with E-state index in [1.807, 2.05) is 49.5 Å². The number of aryl methyl sites for hydroxylation is 1. The van der Waals surface area contributed by atoms with Crippen LogP contribution < -0.4 is 15.4 Å². The van der Waals surface area contributed by atoms with E-state index in [1.54, 1.807) is 7.05 Å². The summed E-state index contributed by atoms with van der Waals surface area (Å²) in [7, 11) is 1.75. The topological polar surface area (TPSA) is 74.3 Å². The van der Waals surface area contributed by atoms with Crippen LogP contribution in [-0.4, -0.2) is 35.6 Å². The fraction of sp³-hybridized carbons (Fsp3) is 0.273. The summed E-state index contributed by atoms with van der Waals surface area (Å²) in [5, 5.41) is 6.55. The van der Waals surface area contributed by atoms with Crippen LogP contribution in [0.2, 0.25) is 0 Å². The minimum Gasteiger partial charge on any atom is -0.489 e. The summed E-state index contributed by atoms with van der Waals surface area (Å²) in [6.45, 7) is 5.28. The van der Waals surface area contributed by atoms with Crippen LogP contribution in [0.25, 0.3) is 11.3 Å². The predicted octanol–water partition coefficient (Wildman–Crippen LogP) is 4.14. The molecule has 0 fully saturated rings. The summed E-state index contributed by atoms with van der Waals surface area (Å²) in [6.07, 6.45) is 1.86. The molecule has 1 unspecified atom stereocenters. The number of aromatic amines is 1. The van der Waals surface area contributed by atoms with Crippen LogP contribution in [-0.2, 0) is 6.54 Å². The second-order valence-corrected chi connectivity index (χ2v) is 6.66. The van der Waals surface area contributed by atoms with Gasteiger partial charge in [0, 0.05) is 7.05 Å². The molecule has 2 aromatic carbocycles. The molecule has 3 rings (SSSR count). The lowest BCUT2D eigenvalue weighted by molar-refractivity contribution is 0.223. The largest absolute Gasteiger partial charge is 0.489 e. The molecule has 1 heterocycles.